The molecule has 0 radical (unpaired) electrons. The maximum Gasteiger partial charge on any atom is 0.317 e. The molecule has 0 unspecified atom stereocenters. The molecule has 0 atom stereocenters. The van der Waals surface area contributed by atoms with Crippen LogP contribution in [-0.2, 0) is 4.79 Å². The summed E-state index contributed by atoms with van der Waals surface area (Å²) in [5.41, 5.74) is -0.316. The maximum atomic E-state index is 12.5. The average molecular weight is 276 g/mol. The molecule has 2 nitrogen and oxygen atoms in total. The lowest BCUT2D eigenvalue weighted by Crippen LogP contribution is -2.34. The van der Waals surface area contributed by atoms with Gasteiger partial charge in [-0.05, 0) is 31.4 Å². The minimum atomic E-state index is -0.316. The summed E-state index contributed by atoms with van der Waals surface area (Å²) in [6, 6.07) is 9.39. The van der Waals surface area contributed by atoms with Gasteiger partial charge in [0.2, 0.25) is 0 Å². The zero-order valence-electron chi connectivity index (χ0n) is 13.2. The first-order valence-electron chi connectivity index (χ1n) is 7.96. The molecule has 0 fully saturated rings. The van der Waals surface area contributed by atoms with Crippen molar-refractivity contribution >= 4 is 5.97 Å². The summed E-state index contributed by atoms with van der Waals surface area (Å²) in [6.07, 6.45) is 7.42. The monoisotopic (exact) mass is 276 g/mol. The van der Waals surface area contributed by atoms with Crippen molar-refractivity contribution in [3.05, 3.63) is 30.3 Å². The number of esters is 1. The predicted octanol–water partition coefficient (Wildman–Crippen LogP) is 5.37. The van der Waals surface area contributed by atoms with Crippen LogP contribution in [0.25, 0.3) is 0 Å². The molecule has 2 heteroatoms. The van der Waals surface area contributed by atoms with Gasteiger partial charge in [0.1, 0.15) is 5.75 Å². The highest BCUT2D eigenvalue weighted by Crippen LogP contribution is 2.35. The normalized spacial score (nSPS) is 11.3. The molecule has 0 heterocycles. The van der Waals surface area contributed by atoms with E-state index in [-0.39, 0.29) is 11.4 Å². The van der Waals surface area contributed by atoms with Crippen molar-refractivity contribution in [3.63, 3.8) is 0 Å². The molecule has 1 aromatic carbocycles. The van der Waals surface area contributed by atoms with E-state index >= 15 is 0 Å². The number of carbonyl (C=O) groups is 1. The molecule has 0 aliphatic rings. The summed E-state index contributed by atoms with van der Waals surface area (Å²) in [4.78, 5) is 12.5. The van der Waals surface area contributed by atoms with E-state index in [1.807, 2.05) is 30.3 Å². The molecule has 0 spiro atoms. The van der Waals surface area contributed by atoms with Gasteiger partial charge < -0.3 is 4.74 Å². The Bertz CT molecular complexity index is 380. The van der Waals surface area contributed by atoms with Crippen LogP contribution < -0.4 is 4.74 Å². The quantitative estimate of drug-likeness (QED) is 0.344. The van der Waals surface area contributed by atoms with Crippen molar-refractivity contribution in [2.45, 2.75) is 65.7 Å². The first-order chi connectivity index (χ1) is 9.68. The standard InChI is InChI=1S/C18H28O2/c1-4-7-8-12-15-18(5-2,6-3)17(19)20-16-13-10-9-11-14-16/h9-11,13-14H,4-8,12,15H2,1-3H3. The van der Waals surface area contributed by atoms with Gasteiger partial charge in [0, 0.05) is 0 Å². The van der Waals surface area contributed by atoms with Crippen molar-refractivity contribution in [1.29, 1.82) is 0 Å². The van der Waals surface area contributed by atoms with E-state index < -0.39 is 0 Å². The van der Waals surface area contributed by atoms with Gasteiger partial charge in [-0.2, -0.15) is 0 Å². The molecule has 0 aliphatic carbocycles. The molecule has 0 aromatic heterocycles. The van der Waals surface area contributed by atoms with Crippen LogP contribution >= 0.6 is 0 Å². The zero-order valence-corrected chi connectivity index (χ0v) is 13.2. The highest BCUT2D eigenvalue weighted by atomic mass is 16.5. The summed E-state index contributed by atoms with van der Waals surface area (Å²) < 4.78 is 5.58. The predicted molar refractivity (Wildman–Crippen MR) is 83.9 cm³/mol. The Labute approximate surface area is 123 Å². The van der Waals surface area contributed by atoms with Gasteiger partial charge in [-0.3, -0.25) is 4.79 Å². The number of ether oxygens (including phenoxy) is 1. The van der Waals surface area contributed by atoms with Crippen LogP contribution in [0.2, 0.25) is 0 Å². The third-order valence-electron chi connectivity index (χ3n) is 4.25. The van der Waals surface area contributed by atoms with Gasteiger partial charge in [0.25, 0.3) is 0 Å². The molecule has 0 saturated heterocycles. The number of benzene rings is 1. The molecule has 0 aliphatic heterocycles. The summed E-state index contributed by atoms with van der Waals surface area (Å²) in [6.45, 7) is 6.39. The second kappa shape index (κ2) is 8.78. The minimum Gasteiger partial charge on any atom is -0.426 e. The first kappa shape index (κ1) is 16.7. The molecule has 1 aromatic rings. The molecule has 112 valence electrons. The van der Waals surface area contributed by atoms with Crippen molar-refractivity contribution in [1.82, 2.24) is 0 Å². The Morgan fingerprint density at radius 3 is 2.20 bits per heavy atom. The molecule has 0 amide bonds. The van der Waals surface area contributed by atoms with Crippen LogP contribution in [0.5, 0.6) is 5.75 Å². The molecular weight excluding hydrogens is 248 g/mol. The van der Waals surface area contributed by atoms with E-state index in [0.29, 0.717) is 5.75 Å². The van der Waals surface area contributed by atoms with Gasteiger partial charge in [-0.25, -0.2) is 0 Å². The van der Waals surface area contributed by atoms with E-state index in [2.05, 4.69) is 20.8 Å². The third kappa shape index (κ3) is 4.66. The summed E-state index contributed by atoms with van der Waals surface area (Å²) in [5.74, 6) is 0.586. The highest BCUT2D eigenvalue weighted by Gasteiger charge is 2.36. The van der Waals surface area contributed by atoms with Gasteiger partial charge in [0.05, 0.1) is 5.41 Å². The topological polar surface area (TPSA) is 26.3 Å². The molecule has 0 saturated carbocycles. The van der Waals surface area contributed by atoms with Gasteiger partial charge >= 0.3 is 5.97 Å². The van der Waals surface area contributed by atoms with Crippen molar-refractivity contribution in [2.24, 2.45) is 5.41 Å². The molecule has 20 heavy (non-hydrogen) atoms. The smallest absolute Gasteiger partial charge is 0.317 e. The van der Waals surface area contributed by atoms with E-state index in [1.165, 1.54) is 19.3 Å². The zero-order chi connectivity index (χ0) is 14.8. The second-order valence-electron chi connectivity index (χ2n) is 5.50. The van der Waals surface area contributed by atoms with Gasteiger partial charge in [-0.15, -0.1) is 0 Å². The highest BCUT2D eigenvalue weighted by molar-refractivity contribution is 5.79. The largest absolute Gasteiger partial charge is 0.426 e. The fraction of sp³-hybridized carbons (Fsp3) is 0.611. The lowest BCUT2D eigenvalue weighted by Gasteiger charge is -2.29. The van der Waals surface area contributed by atoms with Crippen molar-refractivity contribution in [2.75, 3.05) is 0 Å². The van der Waals surface area contributed by atoms with Crippen molar-refractivity contribution < 1.29 is 9.53 Å². The van der Waals surface area contributed by atoms with E-state index in [1.54, 1.807) is 0 Å². The average Bonchev–Trinajstić information content (AvgIpc) is 2.49. The van der Waals surface area contributed by atoms with E-state index in [9.17, 15) is 4.79 Å². The van der Waals surface area contributed by atoms with E-state index in [0.717, 1.165) is 25.7 Å². The molecule has 0 N–H and O–H groups in total. The SMILES string of the molecule is CCCCCCC(CC)(CC)C(=O)Oc1ccccc1. The molecule has 1 rings (SSSR count). The molecule has 0 bridgehead atoms. The van der Waals surface area contributed by atoms with E-state index in [4.69, 9.17) is 4.74 Å². The van der Waals surface area contributed by atoms with Crippen LogP contribution in [-0.4, -0.2) is 5.97 Å². The van der Waals surface area contributed by atoms with Crippen LogP contribution in [0.1, 0.15) is 65.7 Å². The Morgan fingerprint density at radius 1 is 1.00 bits per heavy atom. The van der Waals surface area contributed by atoms with Crippen LogP contribution in [0.3, 0.4) is 0 Å². The van der Waals surface area contributed by atoms with Crippen LogP contribution in [0, 0.1) is 5.41 Å². The van der Waals surface area contributed by atoms with Gasteiger partial charge in [0.15, 0.2) is 0 Å². The molecular formula is C18H28O2. The lowest BCUT2D eigenvalue weighted by atomic mass is 9.77. The number of carbonyl (C=O) groups excluding carboxylic acids is 1. The Hall–Kier alpha value is -1.31. The lowest BCUT2D eigenvalue weighted by molar-refractivity contribution is -0.147. The summed E-state index contributed by atoms with van der Waals surface area (Å²) in [5, 5.41) is 0. The Kier molecular flexibility index (Phi) is 7.35. The van der Waals surface area contributed by atoms with Crippen molar-refractivity contribution in [3.8, 4) is 5.75 Å². The fourth-order valence-electron chi connectivity index (χ4n) is 2.59. The first-order valence-corrected chi connectivity index (χ1v) is 7.96. The minimum absolute atomic E-state index is 0.0646. The maximum absolute atomic E-state index is 12.5. The number of unbranched alkanes of at least 4 members (excludes halogenated alkanes) is 3. The second-order valence-corrected chi connectivity index (χ2v) is 5.50. The number of rotatable bonds is 9. The Morgan fingerprint density at radius 2 is 1.65 bits per heavy atom. The number of hydrogen-bond donors (Lipinski definition) is 0. The fourth-order valence-corrected chi connectivity index (χ4v) is 2.59. The van der Waals surface area contributed by atoms with Crippen LogP contribution in [0.4, 0.5) is 0 Å². The summed E-state index contributed by atoms with van der Waals surface area (Å²) >= 11 is 0. The number of hydrogen-bond acceptors (Lipinski definition) is 2. The van der Waals surface area contributed by atoms with Crippen LogP contribution in [0.15, 0.2) is 30.3 Å². The summed E-state index contributed by atoms with van der Waals surface area (Å²) in [7, 11) is 0. The Balaban J connectivity index is 2.65. The third-order valence-corrected chi connectivity index (χ3v) is 4.25. The van der Waals surface area contributed by atoms with Gasteiger partial charge in [-0.1, -0.05) is 64.7 Å². The number of para-hydroxylation sites is 1.